The Morgan fingerprint density at radius 3 is 2.18 bits per heavy atom. The fourth-order valence-electron chi connectivity index (χ4n) is 4.19. The van der Waals surface area contributed by atoms with Crippen molar-refractivity contribution < 1.29 is 29.0 Å². The predicted octanol–water partition coefficient (Wildman–Crippen LogP) is 3.69. The van der Waals surface area contributed by atoms with E-state index in [9.17, 15) is 14.4 Å². The van der Waals surface area contributed by atoms with Crippen LogP contribution in [0.15, 0.2) is 48.5 Å². The quantitative estimate of drug-likeness (QED) is 0.464. The van der Waals surface area contributed by atoms with Crippen LogP contribution < -0.4 is 10.6 Å². The molecule has 2 amide bonds. The number of hydrogen-bond donors (Lipinski definition) is 3. The van der Waals surface area contributed by atoms with Crippen molar-refractivity contribution in [2.45, 2.75) is 50.6 Å². The Labute approximate surface area is 199 Å². The zero-order valence-electron chi connectivity index (χ0n) is 19.8. The summed E-state index contributed by atoms with van der Waals surface area (Å²) in [5.74, 6) is -1.43. The van der Waals surface area contributed by atoms with E-state index in [4.69, 9.17) is 14.6 Å². The molecule has 2 aromatic rings. The summed E-state index contributed by atoms with van der Waals surface area (Å²) in [6, 6.07) is 15.2. The first kappa shape index (κ1) is 25.2. The van der Waals surface area contributed by atoms with Crippen LogP contribution >= 0.6 is 0 Å². The van der Waals surface area contributed by atoms with E-state index < -0.39 is 29.6 Å². The third-order valence-corrected chi connectivity index (χ3v) is 5.99. The lowest BCUT2D eigenvalue weighted by atomic mass is 9.97. The second-order valence-electron chi connectivity index (χ2n) is 9.07. The summed E-state index contributed by atoms with van der Waals surface area (Å²) in [7, 11) is 1.51. The SMILES string of the molecule is COCCC(NC(=O)OCC1c2ccccc2-c2ccccc21)C(=O)NC(C)(C)CCC(=O)O. The van der Waals surface area contributed by atoms with Gasteiger partial charge in [-0.3, -0.25) is 9.59 Å². The largest absolute Gasteiger partial charge is 0.481 e. The number of fused-ring (bicyclic) bond motifs is 3. The standard InChI is InChI=1S/C26H32N2O6/c1-26(2,14-12-23(29)30)28-24(31)22(13-15-33-3)27-25(32)34-16-21-19-10-6-4-8-17(19)18-9-5-7-11-20(18)21/h4-11,21-22H,12-16H2,1-3H3,(H,27,32)(H,28,31)(H,29,30). The Balaban J connectivity index is 1.63. The molecule has 3 rings (SSSR count). The summed E-state index contributed by atoms with van der Waals surface area (Å²) < 4.78 is 10.6. The molecule has 0 radical (unpaired) electrons. The monoisotopic (exact) mass is 468 g/mol. The van der Waals surface area contributed by atoms with E-state index in [1.165, 1.54) is 7.11 Å². The van der Waals surface area contributed by atoms with Gasteiger partial charge in [-0.1, -0.05) is 48.5 Å². The fourth-order valence-corrected chi connectivity index (χ4v) is 4.19. The minimum atomic E-state index is -0.935. The highest BCUT2D eigenvalue weighted by Gasteiger charge is 2.31. The van der Waals surface area contributed by atoms with Gasteiger partial charge in [0.05, 0.1) is 0 Å². The Morgan fingerprint density at radius 1 is 1.03 bits per heavy atom. The fraction of sp³-hybridized carbons (Fsp3) is 0.423. The van der Waals surface area contributed by atoms with Gasteiger partial charge < -0.3 is 25.2 Å². The third-order valence-electron chi connectivity index (χ3n) is 5.99. The number of ether oxygens (including phenoxy) is 2. The molecule has 182 valence electrons. The van der Waals surface area contributed by atoms with Crippen LogP contribution in [0.2, 0.25) is 0 Å². The number of aliphatic carboxylic acids is 1. The zero-order valence-corrected chi connectivity index (χ0v) is 19.8. The first-order chi connectivity index (χ1) is 16.2. The average Bonchev–Trinajstić information content (AvgIpc) is 3.12. The van der Waals surface area contributed by atoms with E-state index in [2.05, 4.69) is 22.8 Å². The molecular weight excluding hydrogens is 436 g/mol. The van der Waals surface area contributed by atoms with Crippen LogP contribution in [-0.2, 0) is 19.1 Å². The van der Waals surface area contributed by atoms with E-state index >= 15 is 0 Å². The van der Waals surface area contributed by atoms with Gasteiger partial charge in [0.15, 0.2) is 0 Å². The molecule has 0 saturated heterocycles. The molecule has 1 aliphatic carbocycles. The highest BCUT2D eigenvalue weighted by molar-refractivity contribution is 5.86. The maximum absolute atomic E-state index is 12.8. The summed E-state index contributed by atoms with van der Waals surface area (Å²) in [5.41, 5.74) is 3.72. The number of benzene rings is 2. The Bertz CT molecular complexity index is 990. The molecule has 0 heterocycles. The molecule has 8 nitrogen and oxygen atoms in total. The third kappa shape index (κ3) is 6.35. The van der Waals surface area contributed by atoms with E-state index in [1.807, 2.05) is 36.4 Å². The maximum Gasteiger partial charge on any atom is 0.407 e. The van der Waals surface area contributed by atoms with Gasteiger partial charge >= 0.3 is 12.1 Å². The van der Waals surface area contributed by atoms with Crippen molar-refractivity contribution in [1.82, 2.24) is 10.6 Å². The number of amides is 2. The molecule has 34 heavy (non-hydrogen) atoms. The lowest BCUT2D eigenvalue weighted by Crippen LogP contribution is -2.53. The highest BCUT2D eigenvalue weighted by Crippen LogP contribution is 2.44. The lowest BCUT2D eigenvalue weighted by molar-refractivity contribution is -0.138. The number of carbonyl (C=O) groups is 3. The Morgan fingerprint density at radius 2 is 1.62 bits per heavy atom. The molecule has 0 spiro atoms. The van der Waals surface area contributed by atoms with Crippen molar-refractivity contribution in [3.63, 3.8) is 0 Å². The van der Waals surface area contributed by atoms with Crippen molar-refractivity contribution in [1.29, 1.82) is 0 Å². The van der Waals surface area contributed by atoms with Gasteiger partial charge in [-0.15, -0.1) is 0 Å². The highest BCUT2D eigenvalue weighted by atomic mass is 16.5. The lowest BCUT2D eigenvalue weighted by Gasteiger charge is -2.28. The van der Waals surface area contributed by atoms with Gasteiger partial charge in [0.2, 0.25) is 5.91 Å². The van der Waals surface area contributed by atoms with Crippen molar-refractivity contribution in [2.75, 3.05) is 20.3 Å². The first-order valence-electron chi connectivity index (χ1n) is 11.4. The summed E-state index contributed by atoms with van der Waals surface area (Å²) >= 11 is 0. The number of methoxy groups -OCH3 is 1. The van der Waals surface area contributed by atoms with Gasteiger partial charge in [0.1, 0.15) is 12.6 Å². The van der Waals surface area contributed by atoms with Crippen LogP contribution in [0.1, 0.15) is 50.2 Å². The molecular formula is C26H32N2O6. The van der Waals surface area contributed by atoms with Crippen molar-refractivity contribution in [3.8, 4) is 11.1 Å². The van der Waals surface area contributed by atoms with Crippen LogP contribution in [0, 0.1) is 0 Å². The van der Waals surface area contributed by atoms with Crippen molar-refractivity contribution >= 4 is 18.0 Å². The predicted molar refractivity (Wildman–Crippen MR) is 128 cm³/mol. The Kier molecular flexibility index (Phi) is 8.28. The van der Waals surface area contributed by atoms with Crippen LogP contribution in [-0.4, -0.2) is 55.0 Å². The van der Waals surface area contributed by atoms with E-state index in [-0.39, 0.29) is 38.4 Å². The second-order valence-corrected chi connectivity index (χ2v) is 9.07. The number of hydrogen-bond acceptors (Lipinski definition) is 5. The molecule has 2 aromatic carbocycles. The van der Waals surface area contributed by atoms with E-state index in [0.717, 1.165) is 22.3 Å². The topological polar surface area (TPSA) is 114 Å². The first-order valence-corrected chi connectivity index (χ1v) is 11.4. The molecule has 1 unspecified atom stereocenters. The molecule has 1 atom stereocenters. The van der Waals surface area contributed by atoms with Gasteiger partial charge in [-0.2, -0.15) is 0 Å². The maximum atomic E-state index is 12.8. The van der Waals surface area contributed by atoms with Crippen LogP contribution in [0.4, 0.5) is 4.79 Å². The average molecular weight is 469 g/mol. The number of nitrogens with one attached hydrogen (secondary N) is 2. The van der Waals surface area contributed by atoms with E-state index in [1.54, 1.807) is 13.8 Å². The minimum absolute atomic E-state index is 0.0736. The molecule has 0 saturated carbocycles. The Hall–Kier alpha value is -3.39. The molecule has 0 fully saturated rings. The van der Waals surface area contributed by atoms with Gasteiger partial charge in [0, 0.05) is 38.0 Å². The molecule has 3 N–H and O–H groups in total. The minimum Gasteiger partial charge on any atom is -0.481 e. The van der Waals surface area contributed by atoms with Crippen LogP contribution in [0.25, 0.3) is 11.1 Å². The normalized spacial score (nSPS) is 13.5. The second kappa shape index (κ2) is 11.2. The number of rotatable bonds is 11. The number of carbonyl (C=O) groups excluding carboxylic acids is 2. The summed E-state index contributed by atoms with van der Waals surface area (Å²) in [6.45, 7) is 3.89. The molecule has 8 heteroatoms. The number of carboxylic acid groups (broad SMARTS) is 1. The molecule has 1 aliphatic rings. The molecule has 0 aromatic heterocycles. The van der Waals surface area contributed by atoms with Crippen molar-refractivity contribution in [2.24, 2.45) is 0 Å². The summed E-state index contributed by atoms with van der Waals surface area (Å²) in [5, 5.41) is 14.4. The molecule has 0 aliphatic heterocycles. The van der Waals surface area contributed by atoms with E-state index in [0.29, 0.717) is 0 Å². The van der Waals surface area contributed by atoms with Crippen LogP contribution in [0.3, 0.4) is 0 Å². The zero-order chi connectivity index (χ0) is 24.7. The van der Waals surface area contributed by atoms with Crippen molar-refractivity contribution in [3.05, 3.63) is 59.7 Å². The van der Waals surface area contributed by atoms with Crippen LogP contribution in [0.5, 0.6) is 0 Å². The summed E-state index contributed by atoms with van der Waals surface area (Å²) in [4.78, 5) is 36.4. The number of alkyl carbamates (subject to hydrolysis) is 1. The van der Waals surface area contributed by atoms with Gasteiger partial charge in [0.25, 0.3) is 0 Å². The number of carboxylic acids is 1. The van der Waals surface area contributed by atoms with Gasteiger partial charge in [-0.25, -0.2) is 4.79 Å². The summed E-state index contributed by atoms with van der Waals surface area (Å²) in [6.07, 6.45) is -0.255. The smallest absolute Gasteiger partial charge is 0.407 e. The van der Waals surface area contributed by atoms with Gasteiger partial charge in [-0.05, 0) is 42.5 Å². The molecule has 0 bridgehead atoms.